The zero-order chi connectivity index (χ0) is 47.3. The molecule has 8 nitrogen and oxygen atoms in total. The summed E-state index contributed by atoms with van der Waals surface area (Å²) in [6, 6.07) is 57.9. The van der Waals surface area contributed by atoms with Crippen molar-refractivity contribution >= 4 is 21.5 Å². The van der Waals surface area contributed by atoms with Gasteiger partial charge in [0.15, 0.2) is 46.0 Å². The minimum absolute atomic E-state index is 0.658. The van der Waals surface area contributed by atoms with Crippen molar-refractivity contribution < 1.29 is 37.9 Å². The molecule has 0 bridgehead atoms. The first-order chi connectivity index (χ1) is 33.4. The van der Waals surface area contributed by atoms with Gasteiger partial charge in [-0.3, -0.25) is 0 Å². The van der Waals surface area contributed by atoms with Crippen LogP contribution in [0.3, 0.4) is 0 Å². The zero-order valence-corrected chi connectivity index (χ0v) is 39.4. The highest BCUT2D eigenvalue weighted by Gasteiger charge is 2.38. The van der Waals surface area contributed by atoms with E-state index in [1.165, 1.54) is 0 Å². The lowest BCUT2D eigenvalue weighted by atomic mass is 9.81. The van der Waals surface area contributed by atoms with Crippen molar-refractivity contribution in [3.8, 4) is 68.2 Å². The molecule has 0 saturated heterocycles. The fourth-order valence-electron chi connectivity index (χ4n) is 9.58. The van der Waals surface area contributed by atoms with E-state index in [-0.39, 0.29) is 0 Å². The molecule has 0 aliphatic carbocycles. The molecular weight excluding hydrogens is 849 g/mol. The number of hydrogen-bond acceptors (Lipinski definition) is 8. The maximum Gasteiger partial charge on any atom is 0.176 e. The van der Waals surface area contributed by atoms with Crippen LogP contribution in [0, 0.1) is 11.8 Å². The maximum atomic E-state index is 5.99. The monoisotopic (exact) mass is 900 g/mol. The summed E-state index contributed by atoms with van der Waals surface area (Å²) in [7, 11) is 13.3. The minimum atomic E-state index is 0.658. The highest BCUT2D eigenvalue weighted by Crippen LogP contribution is 2.51. The van der Waals surface area contributed by atoms with Gasteiger partial charge in [0.2, 0.25) is 0 Å². The van der Waals surface area contributed by atoms with Gasteiger partial charge in [0.05, 0.1) is 79.8 Å². The molecule has 0 heterocycles. The van der Waals surface area contributed by atoms with Crippen molar-refractivity contribution in [2.24, 2.45) is 0 Å². The number of ether oxygens (including phenoxy) is 8. The standard InChI is InChI=1S/C60H52O8/c1-61-45-21-13-22-46(62-2)57(45)55(58-47(63-3)23-14-24-48(58)64-4)39-33-29-37(30-34-39)53-41-17-9-11-19-43(41)54(44-20-12-10-18-42(44)53)38-31-35-40(36-32-38)56(59-49(65-5)25-15-26-50(59)66-6)60-51(67-7)27-16-28-52(60)68-8/h9-36H,1-8H3/q+2. The summed E-state index contributed by atoms with van der Waals surface area (Å²) in [5.74, 6) is 6.96. The van der Waals surface area contributed by atoms with E-state index in [1.807, 2.05) is 72.8 Å². The summed E-state index contributed by atoms with van der Waals surface area (Å²) in [6.07, 6.45) is 0. The second kappa shape index (κ2) is 19.6. The SMILES string of the molecule is COc1cccc(OC)c1[C+](c1ccc(-c2c3ccccc3c(-c3ccc([C+](c4c(OC)cccc4OC)c4c(OC)cccc4OC)cc3)c3ccccc23)cc1)c1c(OC)cccc1OC. The van der Waals surface area contributed by atoms with E-state index in [1.54, 1.807) is 56.9 Å². The Labute approximate surface area is 398 Å². The van der Waals surface area contributed by atoms with Gasteiger partial charge in [0, 0.05) is 48.5 Å². The van der Waals surface area contributed by atoms with Crippen LogP contribution in [0.5, 0.6) is 46.0 Å². The lowest BCUT2D eigenvalue weighted by Crippen LogP contribution is -2.11. The number of fused-ring (bicyclic) bond motifs is 2. The van der Waals surface area contributed by atoms with Gasteiger partial charge in [0.1, 0.15) is 22.3 Å². The molecule has 0 saturated carbocycles. The highest BCUT2D eigenvalue weighted by atomic mass is 16.5. The molecule has 0 aromatic heterocycles. The zero-order valence-electron chi connectivity index (χ0n) is 39.4. The van der Waals surface area contributed by atoms with E-state index in [0.717, 1.165) is 89.0 Å². The summed E-state index contributed by atoms with van der Waals surface area (Å²) in [6.45, 7) is 0. The van der Waals surface area contributed by atoms with Crippen LogP contribution in [0.2, 0.25) is 0 Å². The predicted molar refractivity (Wildman–Crippen MR) is 272 cm³/mol. The molecule has 0 amide bonds. The molecule has 0 aliphatic rings. The van der Waals surface area contributed by atoms with Gasteiger partial charge in [-0.05, 0) is 117 Å². The Kier molecular flexibility index (Phi) is 12.9. The van der Waals surface area contributed by atoms with Gasteiger partial charge < -0.3 is 37.9 Å². The minimum Gasteiger partial charge on any atom is -0.471 e. The van der Waals surface area contributed by atoms with E-state index in [9.17, 15) is 0 Å². The second-order valence-electron chi connectivity index (χ2n) is 15.9. The number of methoxy groups -OCH3 is 8. The van der Waals surface area contributed by atoms with Crippen molar-refractivity contribution in [3.05, 3.63) is 215 Å². The maximum absolute atomic E-state index is 5.99. The smallest absolute Gasteiger partial charge is 0.176 e. The topological polar surface area (TPSA) is 73.8 Å². The fraction of sp³-hybridized carbons (Fsp3) is 0.133. The molecule has 0 radical (unpaired) electrons. The van der Waals surface area contributed by atoms with Crippen LogP contribution in [0.25, 0.3) is 43.8 Å². The van der Waals surface area contributed by atoms with Crippen LogP contribution < -0.4 is 37.9 Å². The van der Waals surface area contributed by atoms with Crippen molar-refractivity contribution in [1.82, 2.24) is 0 Å². The molecule has 8 heteroatoms. The van der Waals surface area contributed by atoms with E-state index in [2.05, 4.69) is 97.1 Å². The van der Waals surface area contributed by atoms with Crippen molar-refractivity contribution in [1.29, 1.82) is 0 Å². The fourth-order valence-corrected chi connectivity index (χ4v) is 9.58. The average molecular weight is 901 g/mol. The molecular formula is C60H52O8+2. The van der Waals surface area contributed by atoms with Gasteiger partial charge in [0.25, 0.3) is 0 Å². The van der Waals surface area contributed by atoms with Crippen LogP contribution in [0.1, 0.15) is 33.4 Å². The molecule has 0 N–H and O–H groups in total. The van der Waals surface area contributed by atoms with Crippen LogP contribution in [-0.4, -0.2) is 56.9 Å². The lowest BCUT2D eigenvalue weighted by molar-refractivity contribution is 0.381. The molecule has 0 fully saturated rings. The Balaban J connectivity index is 1.21. The number of hydrogen-bond donors (Lipinski definition) is 0. The summed E-state index contributed by atoms with van der Waals surface area (Å²) in [5, 5.41) is 4.52. The third kappa shape index (κ3) is 7.83. The molecule has 9 rings (SSSR count). The largest absolute Gasteiger partial charge is 0.471 e. The lowest BCUT2D eigenvalue weighted by Gasteiger charge is -2.22. The summed E-state index contributed by atoms with van der Waals surface area (Å²) >= 11 is 0. The van der Waals surface area contributed by atoms with Gasteiger partial charge in [-0.15, -0.1) is 0 Å². The summed E-state index contributed by atoms with van der Waals surface area (Å²) in [4.78, 5) is 0. The average Bonchev–Trinajstić information content (AvgIpc) is 3.40. The van der Waals surface area contributed by atoms with Gasteiger partial charge in [-0.1, -0.05) is 48.5 Å². The van der Waals surface area contributed by atoms with Gasteiger partial charge >= 0.3 is 0 Å². The van der Waals surface area contributed by atoms with Crippen LogP contribution in [0.15, 0.2) is 170 Å². The van der Waals surface area contributed by atoms with Crippen molar-refractivity contribution in [2.75, 3.05) is 56.9 Å². The molecule has 0 atom stereocenters. The van der Waals surface area contributed by atoms with E-state index in [4.69, 9.17) is 37.9 Å². The molecule has 0 unspecified atom stereocenters. The predicted octanol–water partition coefficient (Wildman–Crippen LogP) is 13.4. The number of benzene rings is 9. The van der Waals surface area contributed by atoms with E-state index >= 15 is 0 Å². The Morgan fingerprint density at radius 1 is 0.235 bits per heavy atom. The molecule has 68 heavy (non-hydrogen) atoms. The van der Waals surface area contributed by atoms with Crippen molar-refractivity contribution in [3.63, 3.8) is 0 Å². The molecule has 0 spiro atoms. The van der Waals surface area contributed by atoms with Crippen LogP contribution in [-0.2, 0) is 0 Å². The molecule has 338 valence electrons. The first-order valence-electron chi connectivity index (χ1n) is 22.2. The Morgan fingerprint density at radius 3 is 0.632 bits per heavy atom. The summed E-state index contributed by atoms with van der Waals surface area (Å²) in [5.41, 5.74) is 9.40. The first kappa shape index (κ1) is 44.8. The first-order valence-corrected chi connectivity index (χ1v) is 22.2. The molecule has 9 aromatic rings. The normalized spacial score (nSPS) is 10.9. The van der Waals surface area contributed by atoms with E-state index in [0.29, 0.717) is 46.0 Å². The van der Waals surface area contributed by atoms with Crippen LogP contribution >= 0.6 is 0 Å². The summed E-state index contributed by atoms with van der Waals surface area (Å²) < 4.78 is 47.9. The highest BCUT2D eigenvalue weighted by molar-refractivity contribution is 6.21. The number of rotatable bonds is 16. The van der Waals surface area contributed by atoms with Crippen LogP contribution in [0.4, 0.5) is 0 Å². The third-order valence-electron chi connectivity index (χ3n) is 12.6. The van der Waals surface area contributed by atoms with E-state index < -0.39 is 0 Å². The van der Waals surface area contributed by atoms with Gasteiger partial charge in [-0.25, -0.2) is 0 Å². The van der Waals surface area contributed by atoms with Crippen molar-refractivity contribution in [2.45, 2.75) is 0 Å². The Hall–Kier alpha value is -8.36. The quantitative estimate of drug-likeness (QED) is 0.0539. The van der Waals surface area contributed by atoms with Gasteiger partial charge in [-0.2, -0.15) is 0 Å². The molecule has 9 aromatic carbocycles. The Morgan fingerprint density at radius 2 is 0.441 bits per heavy atom. The molecule has 0 aliphatic heterocycles. The third-order valence-corrected chi connectivity index (χ3v) is 12.6. The Bertz CT molecular complexity index is 2760. The second-order valence-corrected chi connectivity index (χ2v) is 15.9.